The molecule has 2 aliphatic rings. The predicted molar refractivity (Wildman–Crippen MR) is 105 cm³/mol. The van der Waals surface area contributed by atoms with Crippen LogP contribution < -0.4 is 4.90 Å². The van der Waals surface area contributed by atoms with E-state index in [0.29, 0.717) is 5.75 Å². The van der Waals surface area contributed by atoms with Crippen molar-refractivity contribution in [2.45, 2.75) is 24.9 Å². The van der Waals surface area contributed by atoms with Gasteiger partial charge in [-0.15, -0.1) is 0 Å². The lowest BCUT2D eigenvalue weighted by molar-refractivity contribution is -0.142. The van der Waals surface area contributed by atoms with Crippen LogP contribution in [-0.2, 0) is 9.53 Å². The molecule has 2 heterocycles. The Morgan fingerprint density at radius 3 is 2.37 bits per heavy atom. The summed E-state index contributed by atoms with van der Waals surface area (Å²) in [4.78, 5) is 17.0. The number of aromatic hydroxyl groups is 1. The number of nitrogens with zero attached hydrogens (tertiary/aromatic N) is 2. The summed E-state index contributed by atoms with van der Waals surface area (Å²) in [6.07, 6.45) is 1.71. The Bertz CT molecular complexity index is 755. The zero-order chi connectivity index (χ0) is 18.6. The molecule has 0 bridgehead atoms. The summed E-state index contributed by atoms with van der Waals surface area (Å²) in [7, 11) is 0. The second-order valence-electron chi connectivity index (χ2n) is 7.39. The first-order valence-electron chi connectivity index (χ1n) is 9.71. The fraction of sp³-hybridized carbons (Fsp3) is 0.409. The Hall–Kier alpha value is -2.53. The third-order valence-corrected chi connectivity index (χ3v) is 5.62. The van der Waals surface area contributed by atoms with Gasteiger partial charge in [0.2, 0.25) is 0 Å². The van der Waals surface area contributed by atoms with Gasteiger partial charge in [-0.3, -0.25) is 9.69 Å². The molecule has 0 radical (unpaired) electrons. The Morgan fingerprint density at radius 2 is 1.67 bits per heavy atom. The fourth-order valence-corrected chi connectivity index (χ4v) is 4.01. The summed E-state index contributed by atoms with van der Waals surface area (Å²) in [5.74, 6) is 0.114. The van der Waals surface area contributed by atoms with Crippen molar-refractivity contribution < 1.29 is 14.6 Å². The van der Waals surface area contributed by atoms with Crippen molar-refractivity contribution in [1.82, 2.24) is 4.90 Å². The number of hydrogen-bond donors (Lipinski definition) is 1. The molecule has 2 fully saturated rings. The first-order valence-corrected chi connectivity index (χ1v) is 9.71. The van der Waals surface area contributed by atoms with E-state index >= 15 is 0 Å². The molecule has 4 rings (SSSR count). The zero-order valence-corrected chi connectivity index (χ0v) is 15.5. The molecule has 0 saturated carbocycles. The van der Waals surface area contributed by atoms with Gasteiger partial charge in [0.05, 0.1) is 5.92 Å². The average molecular weight is 366 g/mol. The monoisotopic (exact) mass is 366 g/mol. The highest BCUT2D eigenvalue weighted by molar-refractivity contribution is 5.80. The van der Waals surface area contributed by atoms with Gasteiger partial charge < -0.3 is 14.7 Å². The number of esters is 1. The van der Waals surface area contributed by atoms with Gasteiger partial charge in [0.15, 0.2) is 0 Å². The lowest BCUT2D eigenvalue weighted by Gasteiger charge is -2.36. The molecule has 1 unspecified atom stereocenters. The van der Waals surface area contributed by atoms with Crippen LogP contribution in [-0.4, -0.2) is 54.8 Å². The minimum atomic E-state index is -0.109. The SMILES string of the molecule is O=C1O[C@H](CCN2CCN(c3ccc(O)cc3)CC2)CC1c1ccccc1. The van der Waals surface area contributed by atoms with Crippen LogP contribution in [0.4, 0.5) is 5.69 Å². The third kappa shape index (κ3) is 4.25. The van der Waals surface area contributed by atoms with Gasteiger partial charge in [-0.05, 0) is 36.2 Å². The van der Waals surface area contributed by atoms with Gasteiger partial charge in [0.25, 0.3) is 0 Å². The van der Waals surface area contributed by atoms with E-state index in [-0.39, 0.29) is 18.0 Å². The molecule has 2 saturated heterocycles. The topological polar surface area (TPSA) is 53.0 Å². The fourth-order valence-electron chi connectivity index (χ4n) is 4.01. The molecule has 0 aromatic heterocycles. The summed E-state index contributed by atoms with van der Waals surface area (Å²) in [5, 5.41) is 9.42. The Labute approximate surface area is 160 Å². The quantitative estimate of drug-likeness (QED) is 0.825. The largest absolute Gasteiger partial charge is 0.508 e. The van der Waals surface area contributed by atoms with E-state index in [9.17, 15) is 9.90 Å². The molecule has 5 nitrogen and oxygen atoms in total. The Kier molecular flexibility index (Phi) is 5.30. The first kappa shape index (κ1) is 17.9. The summed E-state index contributed by atoms with van der Waals surface area (Å²) >= 11 is 0. The van der Waals surface area contributed by atoms with Crippen LogP contribution in [0.5, 0.6) is 5.75 Å². The van der Waals surface area contributed by atoms with Crippen molar-refractivity contribution in [1.29, 1.82) is 0 Å². The highest BCUT2D eigenvalue weighted by atomic mass is 16.5. The van der Waals surface area contributed by atoms with Gasteiger partial charge in [-0.2, -0.15) is 0 Å². The maximum Gasteiger partial charge on any atom is 0.313 e. The van der Waals surface area contributed by atoms with Crippen LogP contribution in [0.2, 0.25) is 0 Å². The summed E-state index contributed by atoms with van der Waals surface area (Å²) < 4.78 is 5.62. The maximum atomic E-state index is 12.2. The molecule has 2 aromatic rings. The van der Waals surface area contributed by atoms with Crippen molar-refractivity contribution in [2.24, 2.45) is 0 Å². The Balaban J connectivity index is 1.23. The standard InChI is InChI=1S/C22H26N2O3/c25-19-8-6-18(7-9-19)24-14-12-23(13-15-24)11-10-20-16-21(22(26)27-20)17-4-2-1-3-5-17/h1-9,20-21,25H,10-16H2/t20-,21?/m1/s1. The molecular weight excluding hydrogens is 340 g/mol. The van der Waals surface area contributed by atoms with Gasteiger partial charge in [0.1, 0.15) is 11.9 Å². The highest BCUT2D eigenvalue weighted by Crippen LogP contribution is 2.32. The van der Waals surface area contributed by atoms with Crippen molar-refractivity contribution in [2.75, 3.05) is 37.6 Å². The molecule has 0 spiro atoms. The molecule has 142 valence electrons. The van der Waals surface area contributed by atoms with Crippen LogP contribution in [0.25, 0.3) is 0 Å². The van der Waals surface area contributed by atoms with E-state index in [0.717, 1.165) is 56.8 Å². The second kappa shape index (κ2) is 8.01. The van der Waals surface area contributed by atoms with Crippen molar-refractivity contribution in [3.05, 3.63) is 60.2 Å². The maximum absolute atomic E-state index is 12.2. The van der Waals surface area contributed by atoms with Gasteiger partial charge in [0, 0.05) is 44.8 Å². The van der Waals surface area contributed by atoms with E-state index in [1.807, 2.05) is 42.5 Å². The number of carbonyl (C=O) groups excluding carboxylic acids is 1. The lowest BCUT2D eigenvalue weighted by Crippen LogP contribution is -2.47. The number of phenolic OH excluding ortho intramolecular Hbond substituents is 1. The van der Waals surface area contributed by atoms with E-state index in [2.05, 4.69) is 9.80 Å². The van der Waals surface area contributed by atoms with Crippen LogP contribution in [0.3, 0.4) is 0 Å². The van der Waals surface area contributed by atoms with Gasteiger partial charge in [-0.25, -0.2) is 0 Å². The number of hydrogen-bond acceptors (Lipinski definition) is 5. The smallest absolute Gasteiger partial charge is 0.313 e. The van der Waals surface area contributed by atoms with E-state index < -0.39 is 0 Å². The number of anilines is 1. The van der Waals surface area contributed by atoms with Crippen LogP contribution in [0.1, 0.15) is 24.3 Å². The lowest BCUT2D eigenvalue weighted by atomic mass is 9.95. The molecule has 0 amide bonds. The molecule has 2 aromatic carbocycles. The Morgan fingerprint density at radius 1 is 0.963 bits per heavy atom. The molecule has 1 N–H and O–H groups in total. The molecule has 0 aliphatic carbocycles. The molecule has 2 atom stereocenters. The number of carbonyl (C=O) groups is 1. The normalized spacial score (nSPS) is 23.4. The minimum Gasteiger partial charge on any atom is -0.508 e. The highest BCUT2D eigenvalue weighted by Gasteiger charge is 2.35. The number of cyclic esters (lactones) is 1. The van der Waals surface area contributed by atoms with Crippen molar-refractivity contribution in [3.8, 4) is 5.75 Å². The first-order chi connectivity index (χ1) is 13.2. The van der Waals surface area contributed by atoms with Crippen molar-refractivity contribution in [3.63, 3.8) is 0 Å². The van der Waals surface area contributed by atoms with Crippen LogP contribution >= 0.6 is 0 Å². The second-order valence-corrected chi connectivity index (χ2v) is 7.39. The van der Waals surface area contributed by atoms with Crippen LogP contribution in [0.15, 0.2) is 54.6 Å². The number of piperazine rings is 1. The van der Waals surface area contributed by atoms with Gasteiger partial charge in [-0.1, -0.05) is 30.3 Å². The predicted octanol–water partition coefficient (Wildman–Crippen LogP) is 3.00. The molecular formula is C22H26N2O3. The number of phenols is 1. The summed E-state index contributed by atoms with van der Waals surface area (Å²) in [6, 6.07) is 17.3. The number of benzene rings is 2. The summed E-state index contributed by atoms with van der Waals surface area (Å²) in [5.41, 5.74) is 2.22. The molecule has 5 heteroatoms. The number of rotatable bonds is 5. The summed E-state index contributed by atoms with van der Waals surface area (Å²) in [6.45, 7) is 4.92. The average Bonchev–Trinajstić information content (AvgIpc) is 3.09. The number of ether oxygens (including phenoxy) is 1. The van der Waals surface area contributed by atoms with E-state index in [1.54, 1.807) is 12.1 Å². The van der Waals surface area contributed by atoms with E-state index in [4.69, 9.17) is 4.74 Å². The van der Waals surface area contributed by atoms with Crippen LogP contribution in [0, 0.1) is 0 Å². The zero-order valence-electron chi connectivity index (χ0n) is 15.5. The molecule has 2 aliphatic heterocycles. The minimum absolute atomic E-state index is 0.0258. The van der Waals surface area contributed by atoms with Gasteiger partial charge >= 0.3 is 5.97 Å². The third-order valence-electron chi connectivity index (χ3n) is 5.62. The van der Waals surface area contributed by atoms with E-state index in [1.165, 1.54) is 0 Å². The molecule has 27 heavy (non-hydrogen) atoms. The van der Waals surface area contributed by atoms with Crippen molar-refractivity contribution >= 4 is 11.7 Å².